The fraction of sp³-hybridized carbons (Fsp3) is 0.158. The Hall–Kier alpha value is -2.25. The Morgan fingerprint density at radius 3 is 2.38 bits per heavy atom. The highest BCUT2D eigenvalue weighted by Gasteiger charge is 2.35. The number of benzene rings is 2. The van der Waals surface area contributed by atoms with Crippen molar-refractivity contribution < 1.29 is 19.1 Å². The van der Waals surface area contributed by atoms with Gasteiger partial charge in [-0.05, 0) is 41.1 Å². The predicted octanol–water partition coefficient (Wildman–Crippen LogP) is 4.70. The normalized spacial score (nSPS) is 15.7. The number of nitrogens with zero attached hydrogens (tertiary/aromatic N) is 1. The average Bonchev–Trinajstić information content (AvgIpc) is 2.91. The van der Waals surface area contributed by atoms with E-state index in [0.29, 0.717) is 16.4 Å². The molecule has 0 atom stereocenters. The van der Waals surface area contributed by atoms with Gasteiger partial charge in [0.05, 0.1) is 25.7 Å². The van der Waals surface area contributed by atoms with E-state index in [0.717, 1.165) is 27.4 Å². The number of rotatable bonds is 5. The van der Waals surface area contributed by atoms with Gasteiger partial charge in [-0.2, -0.15) is 0 Å². The van der Waals surface area contributed by atoms with Crippen LogP contribution in [-0.4, -0.2) is 30.3 Å². The molecule has 0 saturated carbocycles. The molecule has 26 heavy (non-hydrogen) atoms. The van der Waals surface area contributed by atoms with E-state index < -0.39 is 0 Å². The number of ether oxygens (including phenoxy) is 2. The fourth-order valence-electron chi connectivity index (χ4n) is 2.52. The Labute approximate surface area is 164 Å². The molecule has 5 nitrogen and oxygen atoms in total. The molecule has 2 aromatic rings. The number of amides is 2. The van der Waals surface area contributed by atoms with Crippen LogP contribution in [0.25, 0.3) is 6.08 Å². The van der Waals surface area contributed by atoms with Gasteiger partial charge < -0.3 is 9.47 Å². The Kier molecular flexibility index (Phi) is 5.68. The van der Waals surface area contributed by atoms with E-state index in [1.54, 1.807) is 32.4 Å². The predicted molar refractivity (Wildman–Crippen MR) is 105 cm³/mol. The molecular formula is C19H16BrNO4S. The third-order valence-electron chi connectivity index (χ3n) is 3.85. The molecule has 1 heterocycles. The van der Waals surface area contributed by atoms with E-state index >= 15 is 0 Å². The van der Waals surface area contributed by atoms with Crippen molar-refractivity contribution in [3.63, 3.8) is 0 Å². The second-order valence-electron chi connectivity index (χ2n) is 5.48. The van der Waals surface area contributed by atoms with Gasteiger partial charge in [-0.25, -0.2) is 0 Å². The Morgan fingerprint density at radius 2 is 1.73 bits per heavy atom. The van der Waals surface area contributed by atoms with Crippen LogP contribution in [0.5, 0.6) is 11.5 Å². The van der Waals surface area contributed by atoms with E-state index in [9.17, 15) is 9.59 Å². The lowest BCUT2D eigenvalue weighted by Crippen LogP contribution is -2.27. The van der Waals surface area contributed by atoms with E-state index in [1.807, 2.05) is 30.3 Å². The molecule has 0 radical (unpaired) electrons. The lowest BCUT2D eigenvalue weighted by atomic mass is 10.1. The highest BCUT2D eigenvalue weighted by Crippen LogP contribution is 2.38. The summed E-state index contributed by atoms with van der Waals surface area (Å²) in [6.45, 7) is 0.260. The summed E-state index contributed by atoms with van der Waals surface area (Å²) in [7, 11) is 3.10. The van der Waals surface area contributed by atoms with Crippen LogP contribution in [0.15, 0.2) is 51.8 Å². The highest BCUT2D eigenvalue weighted by molar-refractivity contribution is 9.10. The maximum Gasteiger partial charge on any atom is 0.293 e. The van der Waals surface area contributed by atoms with Crippen LogP contribution in [0.2, 0.25) is 0 Å². The molecule has 2 aromatic carbocycles. The van der Waals surface area contributed by atoms with Gasteiger partial charge in [-0.15, -0.1) is 0 Å². The van der Waals surface area contributed by atoms with Crippen LogP contribution < -0.4 is 9.47 Å². The molecule has 0 aliphatic carbocycles. The van der Waals surface area contributed by atoms with Crippen LogP contribution in [0.3, 0.4) is 0 Å². The van der Waals surface area contributed by atoms with Gasteiger partial charge in [0.2, 0.25) is 0 Å². The lowest BCUT2D eigenvalue weighted by molar-refractivity contribution is -0.123. The van der Waals surface area contributed by atoms with Crippen molar-refractivity contribution >= 4 is 44.9 Å². The molecule has 7 heteroatoms. The maximum absolute atomic E-state index is 12.7. The summed E-state index contributed by atoms with van der Waals surface area (Å²) in [4.78, 5) is 26.6. The van der Waals surface area contributed by atoms with Crippen molar-refractivity contribution in [1.29, 1.82) is 0 Å². The topological polar surface area (TPSA) is 55.8 Å². The van der Waals surface area contributed by atoms with Crippen molar-refractivity contribution in [1.82, 2.24) is 4.90 Å². The van der Waals surface area contributed by atoms with Crippen LogP contribution in [-0.2, 0) is 11.3 Å². The number of hydrogen-bond donors (Lipinski definition) is 0. The monoisotopic (exact) mass is 433 g/mol. The number of imide groups is 1. The Bertz CT molecular complexity index is 883. The number of methoxy groups -OCH3 is 2. The first-order valence-corrected chi connectivity index (χ1v) is 9.35. The molecular weight excluding hydrogens is 418 g/mol. The molecule has 1 aliphatic rings. The maximum atomic E-state index is 12.7. The zero-order valence-electron chi connectivity index (χ0n) is 14.2. The van der Waals surface area contributed by atoms with Gasteiger partial charge in [0.1, 0.15) is 0 Å². The molecule has 134 valence electrons. The van der Waals surface area contributed by atoms with Gasteiger partial charge in [0, 0.05) is 4.47 Å². The fourth-order valence-corrected chi connectivity index (χ4v) is 3.79. The van der Waals surface area contributed by atoms with Gasteiger partial charge in [0.25, 0.3) is 11.1 Å². The standard InChI is InChI=1S/C19H16BrNO4S/c1-24-15-8-13(14(20)10-16(15)25-2)9-17-18(22)21(19(23)26-17)11-12-6-4-3-5-7-12/h3-10H,11H2,1-2H3/b17-9-. The third-order valence-corrected chi connectivity index (χ3v) is 5.44. The van der Waals surface area contributed by atoms with Crippen LogP contribution >= 0.6 is 27.7 Å². The molecule has 0 bridgehead atoms. The highest BCUT2D eigenvalue weighted by atomic mass is 79.9. The summed E-state index contributed by atoms with van der Waals surface area (Å²) in [6.07, 6.45) is 1.68. The van der Waals surface area contributed by atoms with E-state index in [-0.39, 0.29) is 17.7 Å². The number of halogens is 1. The van der Waals surface area contributed by atoms with Crippen molar-refractivity contribution in [3.8, 4) is 11.5 Å². The van der Waals surface area contributed by atoms with E-state index in [1.165, 1.54) is 4.90 Å². The number of hydrogen-bond acceptors (Lipinski definition) is 5. The summed E-state index contributed by atoms with van der Waals surface area (Å²) >= 11 is 4.40. The quantitative estimate of drug-likeness (QED) is 0.639. The molecule has 0 N–H and O–H groups in total. The zero-order chi connectivity index (χ0) is 18.7. The van der Waals surface area contributed by atoms with Crippen molar-refractivity contribution in [2.24, 2.45) is 0 Å². The molecule has 0 unspecified atom stereocenters. The first-order chi connectivity index (χ1) is 12.5. The minimum Gasteiger partial charge on any atom is -0.493 e. The van der Waals surface area contributed by atoms with Gasteiger partial charge in [-0.3, -0.25) is 14.5 Å². The molecule has 1 fully saturated rings. The van der Waals surface area contributed by atoms with Gasteiger partial charge in [-0.1, -0.05) is 46.3 Å². The Balaban J connectivity index is 1.88. The molecule has 0 aromatic heterocycles. The second-order valence-corrected chi connectivity index (χ2v) is 7.33. The van der Waals surface area contributed by atoms with E-state index in [4.69, 9.17) is 9.47 Å². The van der Waals surface area contributed by atoms with Gasteiger partial charge in [0.15, 0.2) is 11.5 Å². The molecule has 0 spiro atoms. The smallest absolute Gasteiger partial charge is 0.293 e. The van der Waals surface area contributed by atoms with Crippen molar-refractivity contribution in [2.75, 3.05) is 14.2 Å². The summed E-state index contributed by atoms with van der Waals surface area (Å²) in [6, 6.07) is 12.9. The van der Waals surface area contributed by atoms with E-state index in [2.05, 4.69) is 15.9 Å². The molecule has 1 aliphatic heterocycles. The molecule has 3 rings (SSSR count). The zero-order valence-corrected chi connectivity index (χ0v) is 16.6. The molecule has 2 amide bonds. The third kappa shape index (κ3) is 3.78. The SMILES string of the molecule is COc1cc(Br)c(/C=C2\SC(=O)N(Cc3ccccc3)C2=O)cc1OC. The average molecular weight is 434 g/mol. The first-order valence-electron chi connectivity index (χ1n) is 7.74. The summed E-state index contributed by atoms with van der Waals surface area (Å²) in [5, 5.41) is -0.276. The summed E-state index contributed by atoms with van der Waals surface area (Å²) in [5.74, 6) is 0.824. The second kappa shape index (κ2) is 7.97. The first kappa shape index (κ1) is 18.5. The van der Waals surface area contributed by atoms with Gasteiger partial charge >= 0.3 is 0 Å². The number of thioether (sulfide) groups is 1. The van der Waals surface area contributed by atoms with Crippen LogP contribution in [0.1, 0.15) is 11.1 Å². The Morgan fingerprint density at radius 1 is 1.08 bits per heavy atom. The number of carbonyl (C=O) groups is 2. The largest absolute Gasteiger partial charge is 0.493 e. The van der Waals surface area contributed by atoms with Crippen LogP contribution in [0.4, 0.5) is 4.79 Å². The summed E-state index contributed by atoms with van der Waals surface area (Å²) < 4.78 is 11.3. The van der Waals surface area contributed by atoms with Crippen molar-refractivity contribution in [2.45, 2.75) is 6.54 Å². The summed E-state index contributed by atoms with van der Waals surface area (Å²) in [5.41, 5.74) is 1.64. The number of carbonyl (C=O) groups excluding carboxylic acids is 2. The van der Waals surface area contributed by atoms with Crippen LogP contribution in [0, 0.1) is 0 Å². The van der Waals surface area contributed by atoms with Crippen molar-refractivity contribution in [3.05, 3.63) is 63.0 Å². The molecule has 1 saturated heterocycles. The minimum atomic E-state index is -0.300. The minimum absolute atomic E-state index is 0.260. The lowest BCUT2D eigenvalue weighted by Gasteiger charge is -2.12.